The number of rotatable bonds is 4. The number of fused-ring (bicyclic) bond motifs is 4. The van der Waals surface area contributed by atoms with E-state index in [1.807, 2.05) is 60.9 Å². The van der Waals surface area contributed by atoms with Gasteiger partial charge in [0.1, 0.15) is 11.1 Å². The summed E-state index contributed by atoms with van der Waals surface area (Å²) in [6.45, 7) is 0. The topological polar surface area (TPSA) is 51.8 Å². The minimum absolute atomic E-state index is 0.730. The third-order valence-electron chi connectivity index (χ3n) is 7.62. The summed E-state index contributed by atoms with van der Waals surface area (Å²) in [6.07, 6.45) is 3.74. The van der Waals surface area contributed by atoms with Gasteiger partial charge in [0, 0.05) is 39.9 Å². The molecule has 0 saturated carbocycles. The van der Waals surface area contributed by atoms with Crippen LogP contribution in [0.1, 0.15) is 0 Å². The first-order valence-corrected chi connectivity index (χ1v) is 13.6. The van der Waals surface area contributed by atoms with E-state index in [0.29, 0.717) is 0 Å². The van der Waals surface area contributed by atoms with Gasteiger partial charge in [-0.1, -0.05) is 109 Å². The minimum Gasteiger partial charge on any atom is -0.453 e. The molecule has 0 aliphatic heterocycles. The standard InChI is InChI=1S/C37H23N3O/c1-2-7-26(8-3-1)30-10-6-11-32-34-36(41-35(30)32)31(21-22-38-34)27-17-13-24(14-18-27)25-15-19-28(20-16-25)37-39-23-29-9-4-5-12-33(29)40-37/h1-23H. The van der Waals surface area contributed by atoms with Crippen LogP contribution < -0.4 is 0 Å². The fourth-order valence-corrected chi connectivity index (χ4v) is 5.52. The van der Waals surface area contributed by atoms with Gasteiger partial charge in [-0.2, -0.15) is 0 Å². The van der Waals surface area contributed by atoms with Gasteiger partial charge in [-0.05, 0) is 40.5 Å². The Morgan fingerprint density at radius 1 is 0.463 bits per heavy atom. The number of furan rings is 1. The van der Waals surface area contributed by atoms with Crippen molar-refractivity contribution in [1.82, 2.24) is 15.0 Å². The lowest BCUT2D eigenvalue weighted by Gasteiger charge is -2.07. The van der Waals surface area contributed by atoms with Crippen molar-refractivity contribution in [2.24, 2.45) is 0 Å². The Bertz CT molecular complexity index is 2180. The molecule has 192 valence electrons. The summed E-state index contributed by atoms with van der Waals surface area (Å²) in [5.74, 6) is 0.730. The Kier molecular flexibility index (Phi) is 5.42. The van der Waals surface area contributed by atoms with Crippen LogP contribution in [-0.2, 0) is 0 Å². The fourth-order valence-electron chi connectivity index (χ4n) is 5.52. The minimum atomic E-state index is 0.730. The van der Waals surface area contributed by atoms with Crippen molar-refractivity contribution in [3.63, 3.8) is 0 Å². The van der Waals surface area contributed by atoms with Crippen LogP contribution in [-0.4, -0.2) is 15.0 Å². The monoisotopic (exact) mass is 525 g/mol. The first kappa shape index (κ1) is 23.3. The van der Waals surface area contributed by atoms with Crippen molar-refractivity contribution in [3.8, 4) is 44.8 Å². The average molecular weight is 526 g/mol. The van der Waals surface area contributed by atoms with Gasteiger partial charge in [0.2, 0.25) is 0 Å². The van der Waals surface area contributed by atoms with E-state index in [9.17, 15) is 0 Å². The molecule has 3 aromatic heterocycles. The van der Waals surface area contributed by atoms with Crippen LogP contribution in [0.3, 0.4) is 0 Å². The van der Waals surface area contributed by atoms with Crippen molar-refractivity contribution < 1.29 is 4.42 Å². The van der Waals surface area contributed by atoms with Crippen LogP contribution in [0.2, 0.25) is 0 Å². The molecule has 4 heteroatoms. The second-order valence-corrected chi connectivity index (χ2v) is 10.1. The summed E-state index contributed by atoms with van der Waals surface area (Å²) in [5, 5.41) is 2.06. The van der Waals surface area contributed by atoms with E-state index in [2.05, 4.69) is 83.8 Å². The zero-order valence-corrected chi connectivity index (χ0v) is 22.0. The highest BCUT2D eigenvalue weighted by atomic mass is 16.3. The molecule has 0 N–H and O–H groups in total. The number of pyridine rings is 1. The Morgan fingerprint density at radius 3 is 1.93 bits per heavy atom. The molecule has 0 aliphatic carbocycles. The molecule has 4 nitrogen and oxygen atoms in total. The molecule has 5 aromatic carbocycles. The third-order valence-corrected chi connectivity index (χ3v) is 7.62. The Labute approximate surface area is 236 Å². The predicted molar refractivity (Wildman–Crippen MR) is 166 cm³/mol. The van der Waals surface area contributed by atoms with Crippen LogP contribution in [0.4, 0.5) is 0 Å². The number of nitrogens with zero attached hydrogens (tertiary/aromatic N) is 3. The lowest BCUT2D eigenvalue weighted by atomic mass is 9.99. The van der Waals surface area contributed by atoms with E-state index in [-0.39, 0.29) is 0 Å². The molecule has 8 rings (SSSR count). The van der Waals surface area contributed by atoms with Crippen LogP contribution in [0.5, 0.6) is 0 Å². The SMILES string of the molecule is c1ccc(-c2cccc3c2oc2c(-c4ccc(-c5ccc(-c6ncc7ccccc7n6)cc5)cc4)ccnc23)cc1. The summed E-state index contributed by atoms with van der Waals surface area (Å²) in [7, 11) is 0. The number of benzene rings is 5. The second kappa shape index (κ2) is 9.54. The van der Waals surface area contributed by atoms with Crippen molar-refractivity contribution in [2.75, 3.05) is 0 Å². The quantitative estimate of drug-likeness (QED) is 0.230. The lowest BCUT2D eigenvalue weighted by molar-refractivity contribution is 0.670. The van der Waals surface area contributed by atoms with Crippen LogP contribution in [0.25, 0.3) is 77.7 Å². The Hall–Kier alpha value is -5.61. The van der Waals surface area contributed by atoms with Gasteiger partial charge in [0.15, 0.2) is 11.4 Å². The molecule has 0 aliphatic rings. The number of aromatic nitrogens is 3. The van der Waals surface area contributed by atoms with Crippen LogP contribution in [0.15, 0.2) is 144 Å². The van der Waals surface area contributed by atoms with Crippen molar-refractivity contribution >= 4 is 33.0 Å². The van der Waals surface area contributed by atoms with E-state index in [1.165, 1.54) is 0 Å². The van der Waals surface area contributed by atoms with Crippen LogP contribution in [0, 0.1) is 0 Å². The number of para-hydroxylation sites is 2. The zero-order chi connectivity index (χ0) is 27.2. The van der Waals surface area contributed by atoms with Crippen molar-refractivity contribution in [2.45, 2.75) is 0 Å². The van der Waals surface area contributed by atoms with Crippen molar-refractivity contribution in [1.29, 1.82) is 0 Å². The molecule has 41 heavy (non-hydrogen) atoms. The maximum absolute atomic E-state index is 6.55. The summed E-state index contributed by atoms with van der Waals surface area (Å²) in [4.78, 5) is 14.0. The normalized spacial score (nSPS) is 11.4. The highest BCUT2D eigenvalue weighted by molar-refractivity contribution is 6.11. The van der Waals surface area contributed by atoms with Gasteiger partial charge in [0.05, 0.1) is 5.52 Å². The van der Waals surface area contributed by atoms with Gasteiger partial charge >= 0.3 is 0 Å². The van der Waals surface area contributed by atoms with Gasteiger partial charge < -0.3 is 4.42 Å². The predicted octanol–water partition coefficient (Wildman–Crippen LogP) is 9.59. The highest BCUT2D eigenvalue weighted by Crippen LogP contribution is 2.39. The van der Waals surface area contributed by atoms with Gasteiger partial charge in [-0.3, -0.25) is 4.98 Å². The van der Waals surface area contributed by atoms with E-state index >= 15 is 0 Å². The summed E-state index contributed by atoms with van der Waals surface area (Å²) >= 11 is 0. The Morgan fingerprint density at radius 2 is 1.12 bits per heavy atom. The largest absolute Gasteiger partial charge is 0.453 e. The third kappa shape index (κ3) is 4.05. The Balaban J connectivity index is 1.13. The summed E-state index contributed by atoms with van der Waals surface area (Å²) < 4.78 is 6.55. The second-order valence-electron chi connectivity index (χ2n) is 10.1. The van der Waals surface area contributed by atoms with E-state index in [4.69, 9.17) is 14.4 Å². The van der Waals surface area contributed by atoms with E-state index in [0.717, 1.165) is 77.7 Å². The fraction of sp³-hybridized carbons (Fsp3) is 0. The van der Waals surface area contributed by atoms with Gasteiger partial charge in [0.25, 0.3) is 0 Å². The molecule has 0 unspecified atom stereocenters. The first-order valence-electron chi connectivity index (χ1n) is 13.6. The average Bonchev–Trinajstić information content (AvgIpc) is 3.44. The molecular weight excluding hydrogens is 502 g/mol. The number of hydrogen-bond donors (Lipinski definition) is 0. The highest BCUT2D eigenvalue weighted by Gasteiger charge is 2.16. The molecule has 0 atom stereocenters. The van der Waals surface area contributed by atoms with E-state index in [1.54, 1.807) is 0 Å². The zero-order valence-electron chi connectivity index (χ0n) is 22.0. The molecule has 0 radical (unpaired) electrons. The molecule has 0 spiro atoms. The molecule has 0 bridgehead atoms. The van der Waals surface area contributed by atoms with Gasteiger partial charge in [-0.15, -0.1) is 0 Å². The summed E-state index contributed by atoms with van der Waals surface area (Å²) in [6, 6.07) is 43.7. The maximum atomic E-state index is 6.55. The molecule has 0 fully saturated rings. The lowest BCUT2D eigenvalue weighted by Crippen LogP contribution is -1.90. The molecular formula is C37H23N3O. The summed E-state index contributed by atoms with van der Waals surface area (Å²) in [5.41, 5.74) is 11.1. The molecule has 0 saturated heterocycles. The molecule has 0 amide bonds. The smallest absolute Gasteiger partial charge is 0.161 e. The van der Waals surface area contributed by atoms with E-state index < -0.39 is 0 Å². The number of hydrogen-bond acceptors (Lipinski definition) is 4. The van der Waals surface area contributed by atoms with Crippen LogP contribution >= 0.6 is 0 Å². The first-order chi connectivity index (χ1) is 20.3. The maximum Gasteiger partial charge on any atom is 0.161 e. The van der Waals surface area contributed by atoms with Gasteiger partial charge in [-0.25, -0.2) is 9.97 Å². The van der Waals surface area contributed by atoms with Crippen molar-refractivity contribution in [3.05, 3.63) is 140 Å². The molecule has 3 heterocycles. The molecule has 8 aromatic rings.